The normalized spacial score (nSPS) is 10.9. The van der Waals surface area contributed by atoms with Crippen LogP contribution in [0.2, 0.25) is 0 Å². The van der Waals surface area contributed by atoms with Crippen LogP contribution in [0.1, 0.15) is 15.9 Å². The smallest absolute Gasteiger partial charge is 0.338 e. The molecule has 0 spiro atoms. The first-order valence-electron chi connectivity index (χ1n) is 10.00. The lowest BCUT2D eigenvalue weighted by atomic mass is 10.1. The minimum absolute atomic E-state index is 0.0459. The van der Waals surface area contributed by atoms with Gasteiger partial charge in [0, 0.05) is 13.6 Å². The summed E-state index contributed by atoms with van der Waals surface area (Å²) in [6.07, 6.45) is 0.662. The number of carbonyl (C=O) groups is 2. The van der Waals surface area contributed by atoms with Crippen LogP contribution in [0.15, 0.2) is 89.8 Å². The summed E-state index contributed by atoms with van der Waals surface area (Å²) in [5.41, 5.74) is 1.63. The van der Waals surface area contributed by atoms with Crippen molar-refractivity contribution in [1.82, 2.24) is 5.32 Å². The van der Waals surface area contributed by atoms with Gasteiger partial charge >= 0.3 is 5.97 Å². The van der Waals surface area contributed by atoms with Gasteiger partial charge in [-0.05, 0) is 42.3 Å². The maximum Gasteiger partial charge on any atom is 0.338 e. The zero-order chi connectivity index (χ0) is 23.0. The molecule has 3 rings (SSSR count). The predicted molar refractivity (Wildman–Crippen MR) is 122 cm³/mol. The third-order valence-electron chi connectivity index (χ3n) is 4.76. The summed E-state index contributed by atoms with van der Waals surface area (Å²) in [6, 6.07) is 23.8. The SMILES string of the molecule is CN(c1ccccc1)S(=O)(=O)c1cccc(C(=O)OCC(=O)NCCc2ccccc2)c1. The molecule has 0 fully saturated rings. The van der Waals surface area contributed by atoms with Crippen molar-refractivity contribution in [2.75, 3.05) is 24.5 Å². The molecule has 3 aromatic rings. The predicted octanol–water partition coefficient (Wildman–Crippen LogP) is 3.03. The highest BCUT2D eigenvalue weighted by Crippen LogP contribution is 2.22. The molecule has 0 radical (unpaired) electrons. The van der Waals surface area contributed by atoms with Crippen LogP contribution < -0.4 is 9.62 Å². The van der Waals surface area contributed by atoms with E-state index in [1.807, 2.05) is 30.3 Å². The van der Waals surface area contributed by atoms with Gasteiger partial charge in [-0.25, -0.2) is 13.2 Å². The number of carbonyl (C=O) groups excluding carboxylic acids is 2. The molecule has 0 bridgehead atoms. The highest BCUT2D eigenvalue weighted by atomic mass is 32.2. The van der Waals surface area contributed by atoms with Crippen molar-refractivity contribution < 1.29 is 22.7 Å². The molecule has 0 aromatic heterocycles. The van der Waals surface area contributed by atoms with Crippen molar-refractivity contribution in [1.29, 1.82) is 0 Å². The maximum absolute atomic E-state index is 12.9. The average molecular weight is 453 g/mol. The van der Waals surface area contributed by atoms with Crippen molar-refractivity contribution in [2.45, 2.75) is 11.3 Å². The molecule has 1 N–H and O–H groups in total. The van der Waals surface area contributed by atoms with Gasteiger partial charge in [0.1, 0.15) is 0 Å². The van der Waals surface area contributed by atoms with Gasteiger partial charge in [0.25, 0.3) is 15.9 Å². The summed E-state index contributed by atoms with van der Waals surface area (Å²) in [6.45, 7) is -0.0333. The zero-order valence-corrected chi connectivity index (χ0v) is 18.4. The van der Waals surface area contributed by atoms with Crippen LogP contribution in [0.5, 0.6) is 0 Å². The number of anilines is 1. The van der Waals surface area contributed by atoms with Crippen molar-refractivity contribution in [3.63, 3.8) is 0 Å². The van der Waals surface area contributed by atoms with Gasteiger partial charge in [0.2, 0.25) is 0 Å². The Hall–Kier alpha value is -3.65. The molecule has 0 aliphatic heterocycles. The molecule has 0 unspecified atom stereocenters. The topological polar surface area (TPSA) is 92.8 Å². The van der Waals surface area contributed by atoms with Crippen molar-refractivity contribution in [3.8, 4) is 0 Å². The van der Waals surface area contributed by atoms with Crippen LogP contribution in [-0.4, -0.2) is 40.5 Å². The molecule has 7 nitrogen and oxygen atoms in total. The van der Waals surface area contributed by atoms with Gasteiger partial charge < -0.3 is 10.1 Å². The molecule has 0 saturated carbocycles. The monoisotopic (exact) mass is 452 g/mol. The number of ether oxygens (including phenoxy) is 1. The Morgan fingerprint density at radius 2 is 1.56 bits per heavy atom. The number of amides is 1. The van der Waals surface area contributed by atoms with Crippen molar-refractivity contribution in [2.24, 2.45) is 0 Å². The molecule has 0 aliphatic rings. The molecule has 0 atom stereocenters. The summed E-state index contributed by atoms with van der Waals surface area (Å²) < 4.78 is 32.0. The van der Waals surface area contributed by atoms with E-state index in [4.69, 9.17) is 4.74 Å². The average Bonchev–Trinajstić information content (AvgIpc) is 2.83. The van der Waals surface area contributed by atoms with E-state index in [9.17, 15) is 18.0 Å². The van der Waals surface area contributed by atoms with Gasteiger partial charge in [0.05, 0.1) is 16.1 Å². The third kappa shape index (κ3) is 5.95. The second kappa shape index (κ2) is 10.6. The van der Waals surface area contributed by atoms with Crippen molar-refractivity contribution in [3.05, 3.63) is 96.1 Å². The first-order chi connectivity index (χ1) is 15.4. The Balaban J connectivity index is 1.57. The first-order valence-corrected chi connectivity index (χ1v) is 11.4. The summed E-state index contributed by atoms with van der Waals surface area (Å²) in [5.74, 6) is -1.20. The fourth-order valence-electron chi connectivity index (χ4n) is 2.97. The number of hydrogen-bond donors (Lipinski definition) is 1. The first kappa shape index (κ1) is 23.0. The fourth-order valence-corrected chi connectivity index (χ4v) is 4.22. The second-order valence-corrected chi connectivity index (χ2v) is 8.97. The highest BCUT2D eigenvalue weighted by Gasteiger charge is 2.22. The van der Waals surface area contributed by atoms with Gasteiger partial charge in [-0.15, -0.1) is 0 Å². The number of hydrogen-bond acceptors (Lipinski definition) is 5. The number of esters is 1. The van der Waals surface area contributed by atoms with Crippen LogP contribution in [0, 0.1) is 0 Å². The van der Waals surface area contributed by atoms with E-state index in [0.29, 0.717) is 18.7 Å². The molecular weight excluding hydrogens is 428 g/mol. The highest BCUT2D eigenvalue weighted by molar-refractivity contribution is 7.92. The second-order valence-electron chi connectivity index (χ2n) is 7.00. The number of para-hydroxylation sites is 1. The quantitative estimate of drug-likeness (QED) is 0.504. The molecule has 1 amide bonds. The fraction of sp³-hybridized carbons (Fsp3) is 0.167. The lowest BCUT2D eigenvalue weighted by Crippen LogP contribution is -2.30. The van der Waals surface area contributed by atoms with Gasteiger partial charge in [0.15, 0.2) is 6.61 Å². The molecular formula is C24H24N2O5S. The molecule has 0 saturated heterocycles. The zero-order valence-electron chi connectivity index (χ0n) is 17.6. The Morgan fingerprint density at radius 3 is 2.25 bits per heavy atom. The Morgan fingerprint density at radius 1 is 0.906 bits per heavy atom. The van der Waals surface area contributed by atoms with Crippen LogP contribution in [-0.2, 0) is 26.0 Å². The van der Waals surface area contributed by atoms with E-state index in [2.05, 4.69) is 5.32 Å². The molecule has 3 aromatic carbocycles. The minimum atomic E-state index is -3.87. The number of sulfonamides is 1. The number of nitrogens with zero attached hydrogens (tertiary/aromatic N) is 1. The largest absolute Gasteiger partial charge is 0.452 e. The van der Waals surface area contributed by atoms with E-state index >= 15 is 0 Å². The van der Waals surface area contributed by atoms with Crippen LogP contribution in [0.25, 0.3) is 0 Å². The van der Waals surface area contributed by atoms with Crippen molar-refractivity contribution >= 4 is 27.6 Å². The lowest BCUT2D eigenvalue weighted by molar-refractivity contribution is -0.124. The number of nitrogens with one attached hydrogen (secondary N) is 1. The minimum Gasteiger partial charge on any atom is -0.452 e. The number of rotatable bonds is 9. The standard InChI is InChI=1S/C24H24N2O5S/c1-26(21-12-6-3-7-13-21)32(29,30)22-14-8-11-20(17-22)24(28)31-18-23(27)25-16-15-19-9-4-2-5-10-19/h2-14,17H,15-16,18H2,1H3,(H,25,27). The maximum atomic E-state index is 12.9. The van der Waals surface area contributed by atoms with Crippen LogP contribution >= 0.6 is 0 Å². The Kier molecular flexibility index (Phi) is 7.62. The summed E-state index contributed by atoms with van der Waals surface area (Å²) in [4.78, 5) is 24.3. The number of benzene rings is 3. The van der Waals surface area contributed by atoms with E-state index < -0.39 is 28.5 Å². The molecule has 0 heterocycles. The molecule has 8 heteroatoms. The Bertz CT molecular complexity index is 1170. The Labute approximate surface area is 187 Å². The van der Waals surface area contributed by atoms with Gasteiger partial charge in [-0.3, -0.25) is 9.10 Å². The molecule has 0 aliphatic carbocycles. The summed E-state index contributed by atoms with van der Waals surface area (Å²) >= 11 is 0. The van der Waals surface area contributed by atoms with E-state index in [1.54, 1.807) is 30.3 Å². The lowest BCUT2D eigenvalue weighted by Gasteiger charge is -2.19. The van der Waals surface area contributed by atoms with E-state index in [-0.39, 0.29) is 10.5 Å². The van der Waals surface area contributed by atoms with Crippen LogP contribution in [0.3, 0.4) is 0 Å². The van der Waals surface area contributed by atoms with E-state index in [0.717, 1.165) is 9.87 Å². The molecule has 32 heavy (non-hydrogen) atoms. The van der Waals surface area contributed by atoms with Crippen LogP contribution in [0.4, 0.5) is 5.69 Å². The van der Waals surface area contributed by atoms with E-state index in [1.165, 1.54) is 31.3 Å². The molecule has 166 valence electrons. The third-order valence-corrected chi connectivity index (χ3v) is 6.54. The van der Waals surface area contributed by atoms with Gasteiger partial charge in [-0.2, -0.15) is 0 Å². The summed E-state index contributed by atoms with van der Waals surface area (Å²) in [5, 5.41) is 2.69. The summed E-state index contributed by atoms with van der Waals surface area (Å²) in [7, 11) is -2.43. The van der Waals surface area contributed by atoms with Gasteiger partial charge in [-0.1, -0.05) is 54.6 Å².